The molecule has 2 unspecified atom stereocenters. The van der Waals surface area contributed by atoms with Gasteiger partial charge in [0, 0.05) is 6.61 Å². The van der Waals surface area contributed by atoms with Crippen LogP contribution >= 0.6 is 0 Å². The maximum atomic E-state index is 12.0. The van der Waals surface area contributed by atoms with Crippen molar-refractivity contribution in [2.24, 2.45) is 0 Å². The molecule has 0 fully saturated rings. The minimum absolute atomic E-state index is 0.00290. The summed E-state index contributed by atoms with van der Waals surface area (Å²) in [7, 11) is 1.20. The van der Waals surface area contributed by atoms with Crippen LogP contribution in [0.25, 0.3) is 0 Å². The first-order chi connectivity index (χ1) is 13.4. The Labute approximate surface area is 165 Å². The normalized spacial score (nSPS) is 14.3. The number of carbonyl (C=O) groups excluding carboxylic acids is 2. The lowest BCUT2D eigenvalue weighted by Crippen LogP contribution is -2.41. The van der Waals surface area contributed by atoms with E-state index in [2.05, 4.69) is 10.1 Å². The number of carbonyl (C=O) groups is 2. The van der Waals surface area contributed by atoms with Crippen LogP contribution in [-0.2, 0) is 30.3 Å². The minimum Gasteiger partial charge on any atom is -0.467 e. The van der Waals surface area contributed by atoms with Crippen LogP contribution in [0.2, 0.25) is 0 Å². The van der Waals surface area contributed by atoms with Gasteiger partial charge < -0.3 is 29.4 Å². The number of amides is 1. The molecular weight excluding hydrogens is 366 g/mol. The monoisotopic (exact) mass is 395 g/mol. The molecule has 2 atom stereocenters. The quantitative estimate of drug-likeness (QED) is 0.316. The minimum atomic E-state index is -1.34. The van der Waals surface area contributed by atoms with E-state index in [1.54, 1.807) is 0 Å². The largest absolute Gasteiger partial charge is 0.467 e. The summed E-state index contributed by atoms with van der Waals surface area (Å²) in [5.41, 5.74) is -0.524. The van der Waals surface area contributed by atoms with Gasteiger partial charge in [-0.15, -0.1) is 0 Å². The molecule has 0 heterocycles. The fourth-order valence-electron chi connectivity index (χ4n) is 2.10. The molecule has 0 aromatic heterocycles. The third-order valence-corrected chi connectivity index (χ3v) is 3.56. The highest BCUT2D eigenvalue weighted by Gasteiger charge is 2.23. The van der Waals surface area contributed by atoms with Gasteiger partial charge in [-0.05, 0) is 19.4 Å². The van der Waals surface area contributed by atoms with Gasteiger partial charge in [0.15, 0.2) is 0 Å². The van der Waals surface area contributed by atoms with Crippen LogP contribution in [0.4, 0.5) is 4.79 Å². The Bertz CT molecular complexity index is 616. The van der Waals surface area contributed by atoms with E-state index >= 15 is 0 Å². The van der Waals surface area contributed by atoms with Gasteiger partial charge in [0.2, 0.25) is 0 Å². The third-order valence-electron chi connectivity index (χ3n) is 3.56. The predicted molar refractivity (Wildman–Crippen MR) is 103 cm³/mol. The van der Waals surface area contributed by atoms with Crippen LogP contribution < -0.4 is 5.32 Å². The molecule has 0 spiro atoms. The van der Waals surface area contributed by atoms with Crippen molar-refractivity contribution in [2.75, 3.05) is 33.5 Å². The van der Waals surface area contributed by atoms with E-state index in [1.807, 2.05) is 37.3 Å². The van der Waals surface area contributed by atoms with E-state index in [9.17, 15) is 14.7 Å². The summed E-state index contributed by atoms with van der Waals surface area (Å²) in [5, 5.41) is 12.7. The predicted octanol–water partition coefficient (Wildman–Crippen LogP) is 1.81. The van der Waals surface area contributed by atoms with Gasteiger partial charge >= 0.3 is 12.1 Å². The first-order valence-electron chi connectivity index (χ1n) is 9.00. The Morgan fingerprint density at radius 1 is 1.21 bits per heavy atom. The van der Waals surface area contributed by atoms with Crippen molar-refractivity contribution < 1.29 is 33.6 Å². The molecule has 0 aliphatic carbocycles. The number of aliphatic hydroxyl groups is 1. The average molecular weight is 395 g/mol. The highest BCUT2D eigenvalue weighted by molar-refractivity contribution is 5.83. The number of hydrogen-bond donors (Lipinski definition) is 2. The molecule has 1 amide bonds. The van der Waals surface area contributed by atoms with Crippen molar-refractivity contribution >= 4 is 12.1 Å². The molecule has 156 valence electrons. The highest BCUT2D eigenvalue weighted by Crippen LogP contribution is 2.08. The zero-order valence-electron chi connectivity index (χ0n) is 16.6. The summed E-state index contributed by atoms with van der Waals surface area (Å²) >= 11 is 0. The molecule has 8 heteroatoms. The summed E-state index contributed by atoms with van der Waals surface area (Å²) in [6.45, 7) is 4.82. The molecule has 28 heavy (non-hydrogen) atoms. The van der Waals surface area contributed by atoms with Gasteiger partial charge in [-0.1, -0.05) is 42.5 Å². The third kappa shape index (κ3) is 10.1. The smallest absolute Gasteiger partial charge is 0.408 e. The van der Waals surface area contributed by atoms with E-state index < -0.39 is 23.7 Å². The average Bonchev–Trinajstić information content (AvgIpc) is 2.69. The van der Waals surface area contributed by atoms with Gasteiger partial charge in [-0.3, -0.25) is 0 Å². The van der Waals surface area contributed by atoms with Gasteiger partial charge in [-0.2, -0.15) is 0 Å². The number of ether oxygens (including phenoxy) is 4. The zero-order valence-corrected chi connectivity index (χ0v) is 16.6. The van der Waals surface area contributed by atoms with Crippen molar-refractivity contribution in [1.29, 1.82) is 0 Å². The Morgan fingerprint density at radius 3 is 2.54 bits per heavy atom. The SMILES string of the molecule is CCOCCOCC(C)(O)C=CC(NC(=O)OCc1ccccc1)C(=O)OC. The first kappa shape index (κ1) is 23.6. The molecule has 0 aliphatic heterocycles. The zero-order chi connectivity index (χ0) is 20.8. The molecule has 8 nitrogen and oxygen atoms in total. The summed E-state index contributed by atoms with van der Waals surface area (Å²) in [4.78, 5) is 23.9. The molecule has 0 saturated carbocycles. The molecule has 0 bridgehead atoms. The standard InChI is InChI=1S/C20H29NO7/c1-4-26-12-13-27-15-20(2,24)11-10-17(18(22)25-3)21-19(23)28-14-16-8-6-5-7-9-16/h5-11,17,24H,4,12-15H2,1-3H3,(H,21,23). The second-order valence-corrected chi connectivity index (χ2v) is 6.17. The van der Waals surface area contributed by atoms with Gasteiger partial charge in [-0.25, -0.2) is 9.59 Å². The molecule has 0 radical (unpaired) electrons. The second kappa shape index (κ2) is 12.9. The topological polar surface area (TPSA) is 103 Å². The highest BCUT2D eigenvalue weighted by atomic mass is 16.6. The lowest BCUT2D eigenvalue weighted by molar-refractivity contribution is -0.141. The Kier molecular flexibility index (Phi) is 10.9. The van der Waals surface area contributed by atoms with Gasteiger partial charge in [0.1, 0.15) is 18.2 Å². The van der Waals surface area contributed by atoms with Crippen LogP contribution in [0.15, 0.2) is 42.5 Å². The van der Waals surface area contributed by atoms with E-state index in [-0.39, 0.29) is 13.2 Å². The van der Waals surface area contributed by atoms with E-state index in [0.717, 1.165) is 5.56 Å². The summed E-state index contributed by atoms with van der Waals surface area (Å²) in [5.74, 6) is -0.694. The lowest BCUT2D eigenvalue weighted by atomic mass is 10.1. The van der Waals surface area contributed by atoms with E-state index in [4.69, 9.17) is 14.2 Å². The van der Waals surface area contributed by atoms with Crippen LogP contribution in [0.3, 0.4) is 0 Å². The second-order valence-electron chi connectivity index (χ2n) is 6.17. The lowest BCUT2D eigenvalue weighted by Gasteiger charge is -2.20. The van der Waals surface area contributed by atoms with Crippen molar-refractivity contribution in [3.63, 3.8) is 0 Å². The Hall–Kier alpha value is -2.42. The van der Waals surface area contributed by atoms with E-state index in [1.165, 1.54) is 26.2 Å². The summed E-state index contributed by atoms with van der Waals surface area (Å²) < 4.78 is 20.2. The number of rotatable bonds is 12. The maximum absolute atomic E-state index is 12.0. The Morgan fingerprint density at radius 2 is 1.89 bits per heavy atom. The van der Waals surface area contributed by atoms with Gasteiger partial charge in [0.05, 0.1) is 26.9 Å². The summed E-state index contributed by atoms with van der Waals surface area (Å²) in [6.07, 6.45) is 1.92. The fourth-order valence-corrected chi connectivity index (χ4v) is 2.10. The summed E-state index contributed by atoms with van der Waals surface area (Å²) in [6, 6.07) is 8.03. The maximum Gasteiger partial charge on any atom is 0.408 e. The first-order valence-corrected chi connectivity index (χ1v) is 9.00. The van der Waals surface area contributed by atoms with Crippen LogP contribution in [0, 0.1) is 0 Å². The van der Waals surface area contributed by atoms with Crippen molar-refractivity contribution in [2.45, 2.75) is 32.1 Å². The molecule has 0 aliphatic rings. The molecule has 2 N–H and O–H groups in total. The fraction of sp³-hybridized carbons (Fsp3) is 0.500. The van der Waals surface area contributed by atoms with Crippen LogP contribution in [0.5, 0.6) is 0 Å². The number of benzene rings is 1. The van der Waals surface area contributed by atoms with Crippen LogP contribution in [0.1, 0.15) is 19.4 Å². The number of alkyl carbamates (subject to hydrolysis) is 1. The Balaban J connectivity index is 2.55. The van der Waals surface area contributed by atoms with Crippen molar-refractivity contribution in [1.82, 2.24) is 5.32 Å². The van der Waals surface area contributed by atoms with Crippen molar-refractivity contribution in [3.05, 3.63) is 48.0 Å². The van der Waals surface area contributed by atoms with Crippen molar-refractivity contribution in [3.8, 4) is 0 Å². The van der Waals surface area contributed by atoms with E-state index in [0.29, 0.717) is 19.8 Å². The van der Waals surface area contributed by atoms with Crippen LogP contribution in [-0.4, -0.2) is 62.3 Å². The molecule has 1 aromatic carbocycles. The molecule has 1 rings (SSSR count). The number of hydrogen-bond acceptors (Lipinski definition) is 7. The number of esters is 1. The molecule has 0 saturated heterocycles. The molecular formula is C20H29NO7. The molecule has 1 aromatic rings. The number of methoxy groups -OCH3 is 1. The van der Waals surface area contributed by atoms with Gasteiger partial charge in [0.25, 0.3) is 0 Å². The number of nitrogens with one attached hydrogen (secondary N) is 1.